The van der Waals surface area contributed by atoms with Crippen LogP contribution >= 0.6 is 23.2 Å². The van der Waals surface area contributed by atoms with Gasteiger partial charge in [-0.2, -0.15) is 0 Å². The zero-order chi connectivity index (χ0) is 19.5. The van der Waals surface area contributed by atoms with Gasteiger partial charge in [-0.1, -0.05) is 48.2 Å². The van der Waals surface area contributed by atoms with Crippen LogP contribution in [-0.2, 0) is 11.3 Å². The normalized spacial score (nSPS) is 15.0. The molecule has 146 valence electrons. The highest BCUT2D eigenvalue weighted by molar-refractivity contribution is 6.36. The fourth-order valence-electron chi connectivity index (χ4n) is 3.86. The summed E-state index contributed by atoms with van der Waals surface area (Å²) in [5, 5.41) is 1.15. The first kappa shape index (κ1) is 19.3. The lowest BCUT2D eigenvalue weighted by molar-refractivity contribution is -0.131. The third-order valence-electron chi connectivity index (χ3n) is 5.33. The van der Waals surface area contributed by atoms with Crippen molar-refractivity contribution in [3.63, 3.8) is 0 Å². The van der Waals surface area contributed by atoms with Crippen LogP contribution in [0.3, 0.4) is 0 Å². The Morgan fingerprint density at radius 2 is 1.75 bits per heavy atom. The maximum Gasteiger partial charge on any atom is 0.224 e. The molecule has 3 aromatic rings. The van der Waals surface area contributed by atoms with E-state index in [4.69, 9.17) is 28.2 Å². The minimum Gasteiger partial charge on any atom is -0.343 e. The number of aromatic nitrogens is 2. The molecule has 1 saturated heterocycles. The molecule has 2 aromatic carbocycles. The Bertz CT molecular complexity index is 991. The Balaban J connectivity index is 1.64. The number of likely N-dealkylation sites (tertiary alicyclic amines) is 1. The molecule has 2 heterocycles. The van der Waals surface area contributed by atoms with E-state index in [-0.39, 0.29) is 5.91 Å². The zero-order valence-corrected chi connectivity index (χ0v) is 17.2. The highest BCUT2D eigenvalue weighted by Crippen LogP contribution is 2.32. The van der Waals surface area contributed by atoms with Gasteiger partial charge in [0.05, 0.1) is 16.1 Å². The van der Waals surface area contributed by atoms with E-state index in [9.17, 15) is 4.79 Å². The molecule has 0 bridgehead atoms. The summed E-state index contributed by atoms with van der Waals surface area (Å²) in [5.74, 6) is 0.986. The molecule has 1 aliphatic heterocycles. The second-order valence-corrected chi connectivity index (χ2v) is 8.09. The number of amides is 1. The number of rotatable bonds is 4. The summed E-state index contributed by atoms with van der Waals surface area (Å²) in [6.45, 7) is 2.32. The first-order valence-corrected chi connectivity index (χ1v) is 10.6. The number of fused-ring (bicyclic) bond motifs is 1. The molecule has 0 atom stereocenters. The van der Waals surface area contributed by atoms with Crippen molar-refractivity contribution in [2.45, 2.75) is 38.6 Å². The predicted molar refractivity (Wildman–Crippen MR) is 115 cm³/mol. The molecule has 28 heavy (non-hydrogen) atoms. The van der Waals surface area contributed by atoms with E-state index in [1.807, 2.05) is 41.3 Å². The van der Waals surface area contributed by atoms with Crippen LogP contribution < -0.4 is 0 Å². The first-order valence-electron chi connectivity index (χ1n) is 9.82. The van der Waals surface area contributed by atoms with Gasteiger partial charge in [-0.05, 0) is 43.2 Å². The fraction of sp³-hybridized carbons (Fsp3) is 0.364. The van der Waals surface area contributed by atoms with Gasteiger partial charge in [0.15, 0.2) is 0 Å². The second-order valence-electron chi connectivity index (χ2n) is 7.24. The highest BCUT2D eigenvalue weighted by Gasteiger charge is 2.19. The van der Waals surface area contributed by atoms with Gasteiger partial charge in [-0.25, -0.2) is 4.98 Å². The molecule has 1 aromatic heterocycles. The van der Waals surface area contributed by atoms with E-state index in [0.29, 0.717) is 23.0 Å². The summed E-state index contributed by atoms with van der Waals surface area (Å²) in [6.07, 6.45) is 5.10. The van der Waals surface area contributed by atoms with Crippen LogP contribution in [0.15, 0.2) is 42.5 Å². The summed E-state index contributed by atoms with van der Waals surface area (Å²) in [4.78, 5) is 19.6. The quantitative estimate of drug-likeness (QED) is 0.539. The van der Waals surface area contributed by atoms with Crippen LogP contribution in [0.5, 0.6) is 0 Å². The van der Waals surface area contributed by atoms with Crippen molar-refractivity contribution in [1.82, 2.24) is 14.5 Å². The van der Waals surface area contributed by atoms with Crippen LogP contribution in [0.2, 0.25) is 10.0 Å². The topological polar surface area (TPSA) is 38.1 Å². The minimum atomic E-state index is 0.216. The van der Waals surface area contributed by atoms with Crippen LogP contribution in [0.4, 0.5) is 0 Å². The number of aryl methyl sites for hydroxylation is 1. The Morgan fingerprint density at radius 3 is 2.50 bits per heavy atom. The molecular weight excluding hydrogens is 393 g/mol. The smallest absolute Gasteiger partial charge is 0.224 e. The SMILES string of the molecule is O=C(CCn1c(-c2ccc(Cl)cc2Cl)nc2ccccc21)N1CCCCCC1. The summed E-state index contributed by atoms with van der Waals surface area (Å²) in [7, 11) is 0. The Hall–Kier alpha value is -2.04. The number of imidazole rings is 1. The van der Waals surface area contributed by atoms with E-state index in [2.05, 4.69) is 4.57 Å². The van der Waals surface area contributed by atoms with Gasteiger partial charge < -0.3 is 9.47 Å². The lowest BCUT2D eigenvalue weighted by atomic mass is 10.2. The molecule has 0 radical (unpaired) electrons. The molecule has 0 aliphatic carbocycles. The lowest BCUT2D eigenvalue weighted by Crippen LogP contribution is -2.32. The van der Waals surface area contributed by atoms with E-state index >= 15 is 0 Å². The van der Waals surface area contributed by atoms with Crippen LogP contribution in [-0.4, -0.2) is 33.4 Å². The molecule has 0 unspecified atom stereocenters. The average Bonchev–Trinajstić information content (AvgIpc) is 2.86. The Kier molecular flexibility index (Phi) is 5.88. The van der Waals surface area contributed by atoms with Gasteiger partial charge in [0, 0.05) is 36.6 Å². The lowest BCUT2D eigenvalue weighted by Gasteiger charge is -2.20. The minimum absolute atomic E-state index is 0.216. The van der Waals surface area contributed by atoms with Crippen LogP contribution in [0, 0.1) is 0 Å². The van der Waals surface area contributed by atoms with Crippen molar-refractivity contribution in [2.75, 3.05) is 13.1 Å². The monoisotopic (exact) mass is 415 g/mol. The highest BCUT2D eigenvalue weighted by atomic mass is 35.5. The van der Waals surface area contributed by atoms with Gasteiger partial charge in [-0.15, -0.1) is 0 Å². The average molecular weight is 416 g/mol. The number of para-hydroxylation sites is 2. The fourth-order valence-corrected chi connectivity index (χ4v) is 4.36. The van der Waals surface area contributed by atoms with Crippen LogP contribution in [0.1, 0.15) is 32.1 Å². The van der Waals surface area contributed by atoms with Crippen molar-refractivity contribution in [3.05, 3.63) is 52.5 Å². The van der Waals surface area contributed by atoms with Crippen molar-refractivity contribution in [1.29, 1.82) is 0 Å². The number of carbonyl (C=O) groups is 1. The molecule has 0 N–H and O–H groups in total. The molecule has 6 heteroatoms. The van der Waals surface area contributed by atoms with E-state index in [1.165, 1.54) is 12.8 Å². The van der Waals surface area contributed by atoms with Crippen molar-refractivity contribution in [2.24, 2.45) is 0 Å². The molecular formula is C22H23Cl2N3O. The molecule has 1 aliphatic rings. The summed E-state index contributed by atoms with van der Waals surface area (Å²) in [5.41, 5.74) is 2.72. The summed E-state index contributed by atoms with van der Waals surface area (Å²) in [6, 6.07) is 13.4. The first-order chi connectivity index (χ1) is 13.6. The predicted octanol–water partition coefficient (Wildman–Crippen LogP) is 5.80. The number of halogens is 2. The maximum absolute atomic E-state index is 12.8. The van der Waals surface area contributed by atoms with E-state index in [1.54, 1.807) is 6.07 Å². The standard InChI is InChI=1S/C22H23Cl2N3O/c23-16-9-10-17(18(24)15-16)22-25-19-7-3-4-8-20(19)27(22)14-11-21(28)26-12-5-1-2-6-13-26/h3-4,7-10,15H,1-2,5-6,11-14H2. The summed E-state index contributed by atoms with van der Waals surface area (Å²) < 4.78 is 2.10. The van der Waals surface area contributed by atoms with Gasteiger partial charge in [-0.3, -0.25) is 4.79 Å². The largest absolute Gasteiger partial charge is 0.343 e. The molecule has 1 fully saturated rings. The summed E-state index contributed by atoms with van der Waals surface area (Å²) >= 11 is 12.5. The van der Waals surface area contributed by atoms with E-state index in [0.717, 1.165) is 48.4 Å². The molecule has 1 amide bonds. The molecule has 4 rings (SSSR count). The van der Waals surface area contributed by atoms with Crippen LogP contribution in [0.25, 0.3) is 22.4 Å². The molecule has 0 saturated carbocycles. The number of carbonyl (C=O) groups excluding carboxylic acids is 1. The maximum atomic E-state index is 12.8. The van der Waals surface area contributed by atoms with E-state index < -0.39 is 0 Å². The van der Waals surface area contributed by atoms with Gasteiger partial charge >= 0.3 is 0 Å². The molecule has 4 nitrogen and oxygen atoms in total. The number of hydrogen-bond acceptors (Lipinski definition) is 2. The van der Waals surface area contributed by atoms with Crippen molar-refractivity contribution in [3.8, 4) is 11.4 Å². The number of nitrogens with zero attached hydrogens (tertiary/aromatic N) is 3. The zero-order valence-electron chi connectivity index (χ0n) is 15.7. The van der Waals surface area contributed by atoms with Gasteiger partial charge in [0.2, 0.25) is 5.91 Å². The van der Waals surface area contributed by atoms with Crippen molar-refractivity contribution >= 4 is 40.1 Å². The number of hydrogen-bond donors (Lipinski definition) is 0. The Morgan fingerprint density at radius 1 is 1.00 bits per heavy atom. The van der Waals surface area contributed by atoms with Crippen molar-refractivity contribution < 1.29 is 4.79 Å². The third kappa shape index (κ3) is 4.03. The van der Waals surface area contributed by atoms with Gasteiger partial charge in [0.1, 0.15) is 5.82 Å². The second kappa shape index (κ2) is 8.54. The molecule has 0 spiro atoms. The third-order valence-corrected chi connectivity index (χ3v) is 5.88. The van der Waals surface area contributed by atoms with Gasteiger partial charge in [0.25, 0.3) is 0 Å². The Labute approximate surface area is 175 Å². The number of benzene rings is 2.